The van der Waals surface area contributed by atoms with Crippen molar-refractivity contribution in [2.24, 2.45) is 4.99 Å². The molecule has 0 N–H and O–H groups in total. The second-order valence-electron chi connectivity index (χ2n) is 5.95. The summed E-state index contributed by atoms with van der Waals surface area (Å²) in [4.78, 5) is 27.9. The smallest absolute Gasteiger partial charge is 0.324 e. The van der Waals surface area contributed by atoms with Crippen molar-refractivity contribution in [2.45, 2.75) is 27.3 Å². The monoisotopic (exact) mass is 405 g/mol. The standard InChI is InChI=1S/C18H19N3O4S2/c1-4-25-8-7-20-13-9-11(2)12(3)10-15(13)27-18(20)19-17(22)14-5-6-16(26-14)21(23)24/h5-6,9-10H,4,7-8H2,1-3H3. The Labute approximate surface area is 163 Å². The molecule has 1 amide bonds. The normalized spacial score (nSPS) is 12.0. The van der Waals surface area contributed by atoms with Crippen molar-refractivity contribution in [1.29, 1.82) is 0 Å². The van der Waals surface area contributed by atoms with Gasteiger partial charge in [0.2, 0.25) is 0 Å². The Kier molecular flexibility index (Phi) is 5.83. The van der Waals surface area contributed by atoms with Gasteiger partial charge in [-0.15, -0.1) is 0 Å². The zero-order chi connectivity index (χ0) is 19.6. The van der Waals surface area contributed by atoms with Gasteiger partial charge in [0.25, 0.3) is 5.91 Å². The number of nitrogens with zero attached hydrogens (tertiary/aromatic N) is 3. The molecular weight excluding hydrogens is 386 g/mol. The molecule has 2 heterocycles. The number of thiophene rings is 1. The quantitative estimate of drug-likeness (QED) is 0.351. The van der Waals surface area contributed by atoms with Gasteiger partial charge in [-0.05, 0) is 50.1 Å². The molecule has 0 radical (unpaired) electrons. The van der Waals surface area contributed by atoms with Gasteiger partial charge in [-0.25, -0.2) is 0 Å². The van der Waals surface area contributed by atoms with Crippen molar-refractivity contribution in [3.63, 3.8) is 0 Å². The van der Waals surface area contributed by atoms with E-state index >= 15 is 0 Å². The summed E-state index contributed by atoms with van der Waals surface area (Å²) in [6.07, 6.45) is 0. The molecule has 3 aromatic rings. The number of carbonyl (C=O) groups is 1. The Bertz CT molecular complexity index is 1080. The number of amides is 1. The van der Waals surface area contributed by atoms with Crippen LogP contribution in [0.15, 0.2) is 29.3 Å². The van der Waals surface area contributed by atoms with Crippen LogP contribution in [0.5, 0.6) is 0 Å². The van der Waals surface area contributed by atoms with Gasteiger partial charge in [-0.2, -0.15) is 4.99 Å². The van der Waals surface area contributed by atoms with Gasteiger partial charge in [0.15, 0.2) is 4.80 Å². The maximum Gasteiger partial charge on any atom is 0.324 e. The van der Waals surface area contributed by atoms with Crippen LogP contribution in [0.25, 0.3) is 10.2 Å². The first-order valence-electron chi connectivity index (χ1n) is 8.42. The molecule has 142 valence electrons. The first-order valence-corrected chi connectivity index (χ1v) is 10.1. The number of hydrogen-bond acceptors (Lipinski definition) is 6. The van der Waals surface area contributed by atoms with Gasteiger partial charge >= 0.3 is 5.00 Å². The number of nitro groups is 1. The maximum absolute atomic E-state index is 12.5. The summed E-state index contributed by atoms with van der Waals surface area (Å²) >= 11 is 2.27. The highest BCUT2D eigenvalue weighted by atomic mass is 32.1. The summed E-state index contributed by atoms with van der Waals surface area (Å²) < 4.78 is 8.48. The average Bonchev–Trinajstić information content (AvgIpc) is 3.22. The van der Waals surface area contributed by atoms with Crippen molar-refractivity contribution in [1.82, 2.24) is 4.57 Å². The third kappa shape index (κ3) is 4.15. The van der Waals surface area contributed by atoms with Gasteiger partial charge in [0.1, 0.15) is 4.88 Å². The Hall–Kier alpha value is -2.36. The Morgan fingerprint density at radius 1 is 1.26 bits per heavy atom. The largest absolute Gasteiger partial charge is 0.380 e. The van der Waals surface area contributed by atoms with Crippen LogP contribution in [0.1, 0.15) is 27.7 Å². The van der Waals surface area contributed by atoms with Gasteiger partial charge < -0.3 is 9.30 Å². The lowest BCUT2D eigenvalue weighted by atomic mass is 10.1. The topological polar surface area (TPSA) is 86.7 Å². The minimum Gasteiger partial charge on any atom is -0.380 e. The second-order valence-corrected chi connectivity index (χ2v) is 8.02. The van der Waals surface area contributed by atoms with Crippen LogP contribution >= 0.6 is 22.7 Å². The summed E-state index contributed by atoms with van der Waals surface area (Å²) in [6, 6.07) is 6.95. The number of aryl methyl sites for hydroxylation is 2. The molecule has 0 saturated carbocycles. The fourth-order valence-electron chi connectivity index (χ4n) is 2.61. The van der Waals surface area contributed by atoms with Gasteiger partial charge in [0, 0.05) is 19.2 Å². The van der Waals surface area contributed by atoms with E-state index in [-0.39, 0.29) is 9.88 Å². The SMILES string of the molecule is CCOCCn1c(=NC(=O)c2ccc([N+](=O)[O-])s2)sc2cc(C)c(C)cc21. The summed E-state index contributed by atoms with van der Waals surface area (Å²) in [7, 11) is 0. The number of fused-ring (bicyclic) bond motifs is 1. The lowest BCUT2D eigenvalue weighted by Gasteiger charge is -2.07. The van der Waals surface area contributed by atoms with E-state index in [2.05, 4.69) is 17.1 Å². The molecule has 0 aliphatic carbocycles. The summed E-state index contributed by atoms with van der Waals surface area (Å²) in [5, 5.41) is 10.8. The highest BCUT2D eigenvalue weighted by Gasteiger charge is 2.16. The molecule has 0 spiro atoms. The van der Waals surface area contributed by atoms with E-state index in [9.17, 15) is 14.9 Å². The van der Waals surface area contributed by atoms with Crippen LogP contribution in [-0.2, 0) is 11.3 Å². The van der Waals surface area contributed by atoms with Crippen LogP contribution in [0.3, 0.4) is 0 Å². The van der Waals surface area contributed by atoms with E-state index in [1.165, 1.54) is 29.0 Å². The maximum atomic E-state index is 12.5. The Morgan fingerprint density at radius 3 is 2.67 bits per heavy atom. The number of carbonyl (C=O) groups excluding carboxylic acids is 1. The molecule has 0 bridgehead atoms. The predicted molar refractivity (Wildman–Crippen MR) is 107 cm³/mol. The number of ether oxygens (including phenoxy) is 1. The zero-order valence-electron chi connectivity index (χ0n) is 15.2. The number of benzene rings is 1. The minimum absolute atomic E-state index is 0.0691. The van der Waals surface area contributed by atoms with Crippen LogP contribution in [-0.4, -0.2) is 28.6 Å². The molecule has 1 aromatic carbocycles. The number of hydrogen-bond donors (Lipinski definition) is 0. The lowest BCUT2D eigenvalue weighted by Crippen LogP contribution is -2.19. The number of thiazole rings is 1. The Morgan fingerprint density at radius 2 is 2.00 bits per heavy atom. The molecule has 0 atom stereocenters. The van der Waals surface area contributed by atoms with Crippen molar-refractivity contribution >= 4 is 43.8 Å². The molecule has 9 heteroatoms. The highest BCUT2D eigenvalue weighted by Crippen LogP contribution is 2.25. The van der Waals surface area contributed by atoms with Gasteiger partial charge in [0.05, 0.1) is 21.7 Å². The van der Waals surface area contributed by atoms with Crippen LogP contribution < -0.4 is 4.80 Å². The van der Waals surface area contributed by atoms with Crippen molar-refractivity contribution in [3.8, 4) is 0 Å². The molecule has 0 aliphatic rings. The zero-order valence-corrected chi connectivity index (χ0v) is 16.9. The van der Waals surface area contributed by atoms with Crippen molar-refractivity contribution < 1.29 is 14.5 Å². The predicted octanol–water partition coefficient (Wildman–Crippen LogP) is 4.07. The first-order chi connectivity index (χ1) is 12.9. The summed E-state index contributed by atoms with van der Waals surface area (Å²) in [5.74, 6) is -0.474. The fourth-order valence-corrected chi connectivity index (χ4v) is 4.45. The fraction of sp³-hybridized carbons (Fsp3) is 0.333. The molecule has 0 unspecified atom stereocenters. The van der Waals surface area contributed by atoms with E-state index in [1.54, 1.807) is 0 Å². The number of rotatable bonds is 6. The molecular formula is C18H19N3O4S2. The van der Waals surface area contributed by atoms with Gasteiger partial charge in [-0.1, -0.05) is 22.7 Å². The molecule has 3 rings (SSSR count). The summed E-state index contributed by atoms with van der Waals surface area (Å²) in [5.41, 5.74) is 3.34. The molecule has 0 fully saturated rings. The molecule has 0 aliphatic heterocycles. The van der Waals surface area contributed by atoms with E-state index in [0.29, 0.717) is 24.6 Å². The molecule has 27 heavy (non-hydrogen) atoms. The minimum atomic E-state index is -0.505. The van der Waals surface area contributed by atoms with Crippen LogP contribution in [0, 0.1) is 24.0 Å². The highest BCUT2D eigenvalue weighted by molar-refractivity contribution is 7.17. The van der Waals surface area contributed by atoms with E-state index in [1.807, 2.05) is 25.3 Å². The van der Waals surface area contributed by atoms with Crippen molar-refractivity contribution in [2.75, 3.05) is 13.2 Å². The van der Waals surface area contributed by atoms with Crippen LogP contribution in [0.4, 0.5) is 5.00 Å². The van der Waals surface area contributed by atoms with E-state index in [4.69, 9.17) is 4.74 Å². The van der Waals surface area contributed by atoms with Gasteiger partial charge in [-0.3, -0.25) is 14.9 Å². The lowest BCUT2D eigenvalue weighted by molar-refractivity contribution is -0.380. The van der Waals surface area contributed by atoms with E-state index < -0.39 is 10.8 Å². The third-order valence-electron chi connectivity index (χ3n) is 4.14. The van der Waals surface area contributed by atoms with E-state index in [0.717, 1.165) is 27.1 Å². The molecule has 0 saturated heterocycles. The second kappa shape index (κ2) is 8.12. The molecule has 2 aromatic heterocycles. The first kappa shape index (κ1) is 19.4. The van der Waals surface area contributed by atoms with Crippen LogP contribution in [0.2, 0.25) is 0 Å². The van der Waals surface area contributed by atoms with Crippen molar-refractivity contribution in [3.05, 3.63) is 55.2 Å². The number of aromatic nitrogens is 1. The Balaban J connectivity index is 2.07. The average molecular weight is 406 g/mol. The third-order valence-corrected chi connectivity index (χ3v) is 6.21. The summed E-state index contributed by atoms with van der Waals surface area (Å²) in [6.45, 7) is 7.74. The molecule has 7 nitrogen and oxygen atoms in total.